The van der Waals surface area contributed by atoms with Gasteiger partial charge in [0, 0.05) is 15.3 Å². The normalized spacial score (nSPS) is 16.8. The lowest BCUT2D eigenvalue weighted by molar-refractivity contribution is -0.144. The van der Waals surface area contributed by atoms with E-state index in [4.69, 9.17) is 4.74 Å². The average molecular weight is 417 g/mol. The van der Waals surface area contributed by atoms with Crippen LogP contribution in [0.1, 0.15) is 36.4 Å². The molecule has 0 saturated heterocycles. The van der Waals surface area contributed by atoms with Gasteiger partial charge in [-0.25, -0.2) is 4.79 Å². The van der Waals surface area contributed by atoms with Crippen molar-refractivity contribution in [2.45, 2.75) is 26.0 Å². The number of hydrogen-bond donors (Lipinski definition) is 1. The molecule has 2 unspecified atom stereocenters. The summed E-state index contributed by atoms with van der Waals surface area (Å²) >= 11 is 1.62. The minimum atomic E-state index is -0.455. The van der Waals surface area contributed by atoms with E-state index in [2.05, 4.69) is 39.0 Å². The lowest BCUT2D eigenvalue weighted by Gasteiger charge is -2.27. The quantitative estimate of drug-likeness (QED) is 0.493. The van der Waals surface area contributed by atoms with E-state index in [0.717, 1.165) is 20.5 Å². The van der Waals surface area contributed by atoms with E-state index >= 15 is 0 Å². The Kier molecular flexibility index (Phi) is 4.55. The predicted molar refractivity (Wildman–Crippen MR) is 115 cm³/mol. The molecule has 150 valence electrons. The Hall–Kier alpha value is -3.52. The molecular weight excluding hydrogens is 398 g/mol. The number of rotatable bonds is 4. The Labute approximate surface area is 177 Å². The number of tetrazole rings is 1. The Morgan fingerprint density at radius 1 is 1.17 bits per heavy atom. The highest BCUT2D eigenvalue weighted by molar-refractivity contribution is 7.19. The number of carbonyl (C=O) groups excluding carboxylic acids is 1. The van der Waals surface area contributed by atoms with Gasteiger partial charge in [0.15, 0.2) is 0 Å². The number of ether oxygens (including phenoxy) is 1. The number of nitrogens with one attached hydrogen (secondary N) is 1. The van der Waals surface area contributed by atoms with Crippen LogP contribution in [-0.2, 0) is 9.53 Å². The summed E-state index contributed by atoms with van der Waals surface area (Å²) in [7, 11) is 0. The van der Waals surface area contributed by atoms with Gasteiger partial charge in [0.05, 0.1) is 5.57 Å². The molecule has 1 aliphatic heterocycles. The SMILES string of the molecule is CC1=C(C(=O)OC(C)c2ccccc2)C(c2cc3ccccc3s2)n2nnnc2N1. The fourth-order valence-corrected chi connectivity index (χ4v) is 4.85. The number of carbonyl (C=O) groups is 1. The first kappa shape index (κ1) is 18.5. The minimum absolute atomic E-state index is 0.377. The van der Waals surface area contributed by atoms with Gasteiger partial charge in [-0.1, -0.05) is 53.6 Å². The van der Waals surface area contributed by atoms with Crippen molar-refractivity contribution in [3.05, 3.63) is 82.4 Å². The largest absolute Gasteiger partial charge is 0.454 e. The van der Waals surface area contributed by atoms with Gasteiger partial charge in [-0.05, 0) is 47.4 Å². The summed E-state index contributed by atoms with van der Waals surface area (Å²) < 4.78 is 8.63. The minimum Gasteiger partial charge on any atom is -0.454 e. The van der Waals surface area contributed by atoms with Crippen molar-refractivity contribution in [3.8, 4) is 0 Å². The molecule has 1 aliphatic rings. The second-order valence-corrected chi connectivity index (χ2v) is 8.27. The Balaban J connectivity index is 1.55. The standard InChI is InChI=1S/C22H19N5O2S/c1-13-19(21(28)29-14(2)15-8-4-3-5-9-15)20(27-22(23-13)24-25-26-27)18-12-16-10-6-7-11-17(16)30-18/h3-12,14,20H,1-2H3,(H,23,24,26). The van der Waals surface area contributed by atoms with Gasteiger partial charge >= 0.3 is 5.97 Å². The van der Waals surface area contributed by atoms with Crippen LogP contribution in [0.5, 0.6) is 0 Å². The third-order valence-corrected chi connectivity index (χ3v) is 6.37. The fourth-order valence-electron chi connectivity index (χ4n) is 3.69. The van der Waals surface area contributed by atoms with Crippen LogP contribution in [0.3, 0.4) is 0 Å². The van der Waals surface area contributed by atoms with Gasteiger partial charge in [0.2, 0.25) is 5.95 Å². The van der Waals surface area contributed by atoms with Crippen LogP contribution in [0.4, 0.5) is 5.95 Å². The van der Waals surface area contributed by atoms with E-state index < -0.39 is 6.04 Å². The molecular formula is C22H19N5O2S. The van der Waals surface area contributed by atoms with Gasteiger partial charge in [-0.3, -0.25) is 0 Å². The molecule has 0 amide bonds. The summed E-state index contributed by atoms with van der Waals surface area (Å²) in [6, 6.07) is 19.5. The average Bonchev–Trinajstić information content (AvgIpc) is 3.39. The molecule has 0 bridgehead atoms. The van der Waals surface area contributed by atoms with E-state index in [9.17, 15) is 4.79 Å². The van der Waals surface area contributed by atoms with Crippen LogP contribution < -0.4 is 5.32 Å². The predicted octanol–water partition coefficient (Wildman–Crippen LogP) is 4.48. The topological polar surface area (TPSA) is 81.9 Å². The number of esters is 1. The zero-order valence-corrected chi connectivity index (χ0v) is 17.3. The summed E-state index contributed by atoms with van der Waals surface area (Å²) in [5.74, 6) is 0.113. The molecule has 2 atom stereocenters. The second-order valence-electron chi connectivity index (χ2n) is 7.16. The molecule has 1 N–H and O–H groups in total. The second kappa shape index (κ2) is 7.38. The van der Waals surface area contributed by atoms with E-state index in [1.807, 2.05) is 56.3 Å². The van der Waals surface area contributed by atoms with E-state index in [0.29, 0.717) is 17.2 Å². The van der Waals surface area contributed by atoms with Gasteiger partial charge in [-0.15, -0.1) is 11.3 Å². The molecule has 3 heterocycles. The zero-order chi connectivity index (χ0) is 20.7. The highest BCUT2D eigenvalue weighted by Gasteiger charge is 2.36. The monoisotopic (exact) mass is 417 g/mol. The van der Waals surface area contributed by atoms with Crippen molar-refractivity contribution in [2.75, 3.05) is 5.32 Å². The number of hydrogen-bond acceptors (Lipinski definition) is 7. The van der Waals surface area contributed by atoms with Crippen LogP contribution in [0.2, 0.25) is 0 Å². The van der Waals surface area contributed by atoms with Crippen molar-refractivity contribution in [1.29, 1.82) is 0 Å². The number of aromatic nitrogens is 4. The number of benzene rings is 2. The lowest BCUT2D eigenvalue weighted by Crippen LogP contribution is -2.29. The number of fused-ring (bicyclic) bond motifs is 2. The first-order chi connectivity index (χ1) is 14.6. The van der Waals surface area contributed by atoms with Crippen molar-refractivity contribution in [2.24, 2.45) is 0 Å². The van der Waals surface area contributed by atoms with E-state index in [1.165, 1.54) is 0 Å². The van der Waals surface area contributed by atoms with Gasteiger partial charge < -0.3 is 10.1 Å². The Morgan fingerprint density at radius 2 is 1.93 bits per heavy atom. The smallest absolute Gasteiger partial charge is 0.338 e. The summed E-state index contributed by atoms with van der Waals surface area (Å²) in [5.41, 5.74) is 2.13. The van der Waals surface area contributed by atoms with Gasteiger partial charge in [0.1, 0.15) is 12.1 Å². The Morgan fingerprint density at radius 3 is 2.73 bits per heavy atom. The molecule has 0 spiro atoms. The molecule has 8 heteroatoms. The molecule has 2 aromatic heterocycles. The molecule has 7 nitrogen and oxygen atoms in total. The molecule has 30 heavy (non-hydrogen) atoms. The summed E-state index contributed by atoms with van der Waals surface area (Å²) in [6.45, 7) is 3.72. The maximum atomic E-state index is 13.3. The molecule has 2 aromatic carbocycles. The highest BCUT2D eigenvalue weighted by Crippen LogP contribution is 2.40. The van der Waals surface area contributed by atoms with Crippen molar-refractivity contribution >= 4 is 33.3 Å². The van der Waals surface area contributed by atoms with Crippen molar-refractivity contribution in [1.82, 2.24) is 20.2 Å². The summed E-state index contributed by atoms with van der Waals surface area (Å²) in [4.78, 5) is 14.3. The van der Waals surface area contributed by atoms with E-state index in [-0.39, 0.29) is 12.1 Å². The van der Waals surface area contributed by atoms with Gasteiger partial charge in [-0.2, -0.15) is 4.68 Å². The number of thiophene rings is 1. The van der Waals surface area contributed by atoms with Crippen LogP contribution in [0.15, 0.2) is 71.9 Å². The molecule has 0 aliphatic carbocycles. The molecule has 0 radical (unpaired) electrons. The highest BCUT2D eigenvalue weighted by atomic mass is 32.1. The number of anilines is 1. The first-order valence-electron chi connectivity index (χ1n) is 9.62. The molecule has 5 rings (SSSR count). The van der Waals surface area contributed by atoms with Crippen molar-refractivity contribution < 1.29 is 9.53 Å². The Bertz CT molecular complexity index is 1230. The van der Waals surface area contributed by atoms with Gasteiger partial charge in [0.25, 0.3) is 0 Å². The lowest BCUT2D eigenvalue weighted by atomic mass is 10.0. The third-order valence-electron chi connectivity index (χ3n) is 5.20. The zero-order valence-electron chi connectivity index (χ0n) is 16.4. The molecule has 4 aromatic rings. The summed E-state index contributed by atoms with van der Waals surface area (Å²) in [6.07, 6.45) is -0.377. The molecule has 0 fully saturated rings. The maximum Gasteiger partial charge on any atom is 0.338 e. The summed E-state index contributed by atoms with van der Waals surface area (Å²) in [5, 5.41) is 16.2. The number of allylic oxidation sites excluding steroid dienone is 1. The maximum absolute atomic E-state index is 13.3. The van der Waals surface area contributed by atoms with Crippen LogP contribution >= 0.6 is 11.3 Å². The fraction of sp³-hybridized carbons (Fsp3) is 0.182. The molecule has 0 saturated carbocycles. The van der Waals surface area contributed by atoms with Crippen LogP contribution in [0, 0.1) is 0 Å². The van der Waals surface area contributed by atoms with Crippen molar-refractivity contribution in [3.63, 3.8) is 0 Å². The third kappa shape index (κ3) is 3.15. The first-order valence-corrected chi connectivity index (χ1v) is 10.4. The van der Waals surface area contributed by atoms with E-state index in [1.54, 1.807) is 16.0 Å². The van der Waals surface area contributed by atoms with Crippen LogP contribution in [-0.4, -0.2) is 26.2 Å². The van der Waals surface area contributed by atoms with Crippen LogP contribution in [0.25, 0.3) is 10.1 Å². The number of nitrogens with zero attached hydrogens (tertiary/aromatic N) is 4.